The molecular weight excluding hydrogens is 861 g/mol. The largest absolute Gasteiger partial charge is 0.457 e. The number of hydrogen-bond donors (Lipinski definition) is 4. The van der Waals surface area contributed by atoms with Crippen molar-refractivity contribution in [2.75, 3.05) is 26.4 Å². The fraction of sp³-hybridized carbons (Fsp3) is 0.566. The van der Waals surface area contributed by atoms with Crippen molar-refractivity contribution in [3.63, 3.8) is 0 Å². The number of aliphatic hydroxyl groups excluding tert-OH is 3. The maximum Gasteiger partial charge on any atom is 0.397 e. The molecule has 0 spiro atoms. The molecule has 1 rings (SSSR count). The van der Waals surface area contributed by atoms with Crippen LogP contribution in [-0.2, 0) is 38.3 Å². The Morgan fingerprint density at radius 1 is 0.576 bits per heavy atom. The lowest BCUT2D eigenvalue weighted by Gasteiger charge is -2.41. The molecule has 66 heavy (non-hydrogen) atoms. The molecule has 1 heterocycles. The highest BCUT2D eigenvalue weighted by molar-refractivity contribution is 7.80. The Hall–Kier alpha value is -3.76. The van der Waals surface area contributed by atoms with Crippen LogP contribution in [0.1, 0.15) is 129 Å². The Labute approximate surface area is 397 Å². The first-order valence-corrected chi connectivity index (χ1v) is 25.3. The van der Waals surface area contributed by atoms with Crippen molar-refractivity contribution in [3.8, 4) is 0 Å². The first-order valence-electron chi connectivity index (χ1n) is 23.9. The van der Waals surface area contributed by atoms with Crippen molar-refractivity contribution in [1.82, 2.24) is 0 Å². The fourth-order valence-electron chi connectivity index (χ4n) is 6.25. The number of unbranched alkanes of at least 4 members (excludes halogenated alkanes) is 4. The Bertz CT molecular complexity index is 1650. The van der Waals surface area contributed by atoms with Crippen molar-refractivity contribution in [1.29, 1.82) is 0 Å². The van der Waals surface area contributed by atoms with Gasteiger partial charge in [0, 0.05) is 13.0 Å². The molecule has 0 aliphatic carbocycles. The maximum atomic E-state index is 12.8. The molecule has 372 valence electrons. The quantitative estimate of drug-likeness (QED) is 0.0199. The lowest BCUT2D eigenvalue weighted by atomic mass is 9.99. The van der Waals surface area contributed by atoms with E-state index in [2.05, 4.69) is 140 Å². The number of allylic oxidation sites excluding steroid dienone is 22. The van der Waals surface area contributed by atoms with E-state index in [-0.39, 0.29) is 19.6 Å². The third-order valence-electron chi connectivity index (χ3n) is 9.78. The molecule has 6 unspecified atom stereocenters. The zero-order valence-corrected chi connectivity index (χ0v) is 40.5. The summed E-state index contributed by atoms with van der Waals surface area (Å²) >= 11 is 0. The van der Waals surface area contributed by atoms with E-state index >= 15 is 0 Å². The van der Waals surface area contributed by atoms with Gasteiger partial charge in [0.05, 0.1) is 19.8 Å². The zero-order chi connectivity index (χ0) is 48.2. The van der Waals surface area contributed by atoms with E-state index in [4.69, 9.17) is 23.5 Å². The smallest absolute Gasteiger partial charge is 0.397 e. The third kappa shape index (κ3) is 35.4. The summed E-state index contributed by atoms with van der Waals surface area (Å²) in [7, 11) is -5.08. The normalized spacial score (nSPS) is 20.7. The van der Waals surface area contributed by atoms with Crippen LogP contribution in [0.25, 0.3) is 0 Å². The van der Waals surface area contributed by atoms with Gasteiger partial charge >= 0.3 is 16.4 Å². The number of ether oxygens (including phenoxy) is 4. The summed E-state index contributed by atoms with van der Waals surface area (Å²) in [6.07, 6.45) is 53.7. The Kier molecular flexibility index (Phi) is 38.9. The number of esters is 1. The predicted octanol–water partition coefficient (Wildman–Crippen LogP) is 10.7. The van der Waals surface area contributed by atoms with Gasteiger partial charge in [-0.2, -0.15) is 8.42 Å². The second kappa shape index (κ2) is 42.6. The van der Waals surface area contributed by atoms with Gasteiger partial charge in [0.2, 0.25) is 0 Å². The van der Waals surface area contributed by atoms with Crippen LogP contribution in [0, 0.1) is 0 Å². The highest BCUT2D eigenvalue weighted by atomic mass is 32.3. The summed E-state index contributed by atoms with van der Waals surface area (Å²) in [5.41, 5.74) is 0. The summed E-state index contributed by atoms with van der Waals surface area (Å²) in [6, 6.07) is 0. The van der Waals surface area contributed by atoms with E-state index in [9.17, 15) is 28.5 Å². The number of carbonyl (C=O) groups excluding carboxylic acids is 1. The summed E-state index contributed by atoms with van der Waals surface area (Å²) < 4.78 is 59.0. The van der Waals surface area contributed by atoms with Crippen LogP contribution < -0.4 is 0 Å². The van der Waals surface area contributed by atoms with E-state index in [1.54, 1.807) is 0 Å². The first kappa shape index (κ1) is 60.3. The fourth-order valence-corrected chi connectivity index (χ4v) is 6.76. The Morgan fingerprint density at radius 3 is 1.44 bits per heavy atom. The second-order valence-corrected chi connectivity index (χ2v) is 16.6. The summed E-state index contributed by atoms with van der Waals surface area (Å²) in [5.74, 6) is -0.495. The molecule has 0 radical (unpaired) electrons. The first-order chi connectivity index (χ1) is 32.1. The van der Waals surface area contributed by atoms with Crippen molar-refractivity contribution >= 4 is 16.4 Å². The van der Waals surface area contributed by atoms with Gasteiger partial charge in [0.25, 0.3) is 0 Å². The average molecular weight is 943 g/mol. The van der Waals surface area contributed by atoms with Crippen LogP contribution in [-0.4, -0.2) is 97.5 Å². The van der Waals surface area contributed by atoms with Crippen LogP contribution in [0.2, 0.25) is 0 Å². The van der Waals surface area contributed by atoms with Crippen molar-refractivity contribution in [3.05, 3.63) is 134 Å². The molecule has 6 atom stereocenters. The van der Waals surface area contributed by atoms with Crippen molar-refractivity contribution in [2.24, 2.45) is 0 Å². The number of rotatable bonds is 39. The molecule has 1 saturated heterocycles. The van der Waals surface area contributed by atoms with Crippen molar-refractivity contribution in [2.45, 2.75) is 166 Å². The molecule has 1 aliphatic heterocycles. The Balaban J connectivity index is 2.43. The van der Waals surface area contributed by atoms with Gasteiger partial charge in [-0.3, -0.25) is 9.35 Å². The molecule has 0 amide bonds. The van der Waals surface area contributed by atoms with Crippen LogP contribution >= 0.6 is 0 Å². The predicted molar refractivity (Wildman–Crippen MR) is 266 cm³/mol. The monoisotopic (exact) mass is 943 g/mol. The lowest BCUT2D eigenvalue weighted by Crippen LogP contribution is -2.60. The minimum Gasteiger partial charge on any atom is -0.457 e. The van der Waals surface area contributed by atoms with Crippen LogP contribution in [0.15, 0.2) is 134 Å². The average Bonchev–Trinajstić information content (AvgIpc) is 3.29. The topological polar surface area (TPSA) is 178 Å². The number of carbonyl (C=O) groups is 1. The van der Waals surface area contributed by atoms with Gasteiger partial charge in [-0.1, -0.05) is 160 Å². The van der Waals surface area contributed by atoms with E-state index in [1.807, 2.05) is 12.2 Å². The van der Waals surface area contributed by atoms with E-state index in [1.165, 1.54) is 0 Å². The lowest BCUT2D eigenvalue weighted by molar-refractivity contribution is -0.301. The molecule has 13 heteroatoms. The molecule has 0 bridgehead atoms. The van der Waals surface area contributed by atoms with E-state index in [0.29, 0.717) is 13.0 Å². The molecule has 1 fully saturated rings. The van der Waals surface area contributed by atoms with Gasteiger partial charge in [-0.05, 0) is 96.3 Å². The molecule has 0 saturated carbocycles. The van der Waals surface area contributed by atoms with E-state index in [0.717, 1.165) is 103 Å². The van der Waals surface area contributed by atoms with Gasteiger partial charge in [0.15, 0.2) is 6.29 Å². The minimum atomic E-state index is -5.08. The van der Waals surface area contributed by atoms with Gasteiger partial charge in [-0.15, -0.1) is 0 Å². The molecular formula is C53H82O12S. The number of aliphatic hydroxyl groups is 3. The van der Waals surface area contributed by atoms with E-state index < -0.39 is 59.8 Å². The van der Waals surface area contributed by atoms with Gasteiger partial charge in [0.1, 0.15) is 30.5 Å². The van der Waals surface area contributed by atoms with Gasteiger partial charge < -0.3 is 34.3 Å². The number of hydrogen-bond acceptors (Lipinski definition) is 11. The SMILES string of the molecule is CC/C=C\C/C=C\C/C=C\C/C=C\C/C=C\C/C=C\C/C=C\CCCCCCOCC(COC1OC(CO)C(O)C(OS(=O)(=O)O)C1O)OC(=O)CC/C=C\C/C=C\C/C=C\C/C=C\CC. The third-order valence-corrected chi connectivity index (χ3v) is 10.2. The molecule has 0 aromatic carbocycles. The minimum absolute atomic E-state index is 0.0210. The molecule has 1 aliphatic rings. The molecule has 12 nitrogen and oxygen atoms in total. The van der Waals surface area contributed by atoms with Gasteiger partial charge in [-0.25, -0.2) is 4.18 Å². The highest BCUT2D eigenvalue weighted by Crippen LogP contribution is 2.26. The van der Waals surface area contributed by atoms with Crippen molar-refractivity contribution < 1.29 is 56.2 Å². The zero-order valence-electron chi connectivity index (χ0n) is 39.7. The summed E-state index contributed by atoms with van der Waals surface area (Å²) in [6.45, 7) is 3.56. The van der Waals surface area contributed by atoms with Crippen LogP contribution in [0.4, 0.5) is 0 Å². The standard InChI is InChI=1S/C53H82O12S/c1-3-5-7-9-11-13-15-17-18-19-20-21-22-23-24-25-26-27-28-29-31-33-35-37-39-41-43-61-45-47(46-62-53-51(57)52(65-66(58,59)60)50(56)48(44-54)64-53)63-49(55)42-40-38-36-34-32-30-16-14-12-10-8-6-4-2/h5-8,11-14,17-18,20-21,23-24,26-27,29-32,36,38,47-48,50-54,56-57H,3-4,9-10,15-16,19,22,25,28,33-35,37,39-46H2,1-2H3,(H,58,59,60)/b7-5-,8-6-,13-11-,14-12-,18-17-,21-20-,24-23-,27-26-,31-29-,32-30-,38-36-. The molecule has 0 aromatic rings. The van der Waals surface area contributed by atoms with Crippen LogP contribution in [0.5, 0.6) is 0 Å². The van der Waals surface area contributed by atoms with Crippen LogP contribution in [0.3, 0.4) is 0 Å². The molecule has 4 N–H and O–H groups in total. The maximum absolute atomic E-state index is 12.8. The summed E-state index contributed by atoms with van der Waals surface area (Å²) in [5, 5.41) is 30.7. The Morgan fingerprint density at radius 2 is 1.00 bits per heavy atom. The highest BCUT2D eigenvalue weighted by Gasteiger charge is 2.48. The summed E-state index contributed by atoms with van der Waals surface area (Å²) in [4.78, 5) is 12.8. The molecule has 0 aromatic heterocycles. The second-order valence-electron chi connectivity index (χ2n) is 15.6.